The van der Waals surface area contributed by atoms with Gasteiger partial charge < -0.3 is 14.0 Å². The van der Waals surface area contributed by atoms with Crippen LogP contribution in [-0.4, -0.2) is 30.6 Å². The Kier molecular flexibility index (Phi) is 4.87. The highest BCUT2D eigenvalue weighted by molar-refractivity contribution is 5.77. The second kappa shape index (κ2) is 6.86. The van der Waals surface area contributed by atoms with E-state index in [1.807, 2.05) is 6.07 Å². The van der Waals surface area contributed by atoms with Crippen molar-refractivity contribution in [3.8, 4) is 28.3 Å². The molecular formula is C23H28N2O2. The van der Waals surface area contributed by atoms with Crippen LogP contribution >= 0.6 is 0 Å². The molecule has 3 rings (SSSR count). The maximum Gasteiger partial charge on any atom is 0.251 e. The lowest BCUT2D eigenvalue weighted by Gasteiger charge is -2.21. The number of hydrogen-bond acceptors (Lipinski definition) is 3. The zero-order valence-corrected chi connectivity index (χ0v) is 17.0. The van der Waals surface area contributed by atoms with Gasteiger partial charge in [0.2, 0.25) is 0 Å². The molecule has 0 aliphatic heterocycles. The van der Waals surface area contributed by atoms with Crippen molar-refractivity contribution in [2.45, 2.75) is 32.7 Å². The third-order valence-corrected chi connectivity index (χ3v) is 4.40. The molecule has 0 amide bonds. The van der Waals surface area contributed by atoms with E-state index in [9.17, 15) is 5.11 Å². The van der Waals surface area contributed by atoms with Crippen LogP contribution in [0.25, 0.3) is 22.6 Å². The van der Waals surface area contributed by atoms with E-state index in [1.165, 1.54) is 5.56 Å². The van der Waals surface area contributed by atoms with E-state index < -0.39 is 0 Å². The first-order valence-corrected chi connectivity index (χ1v) is 9.21. The van der Waals surface area contributed by atoms with E-state index in [0.29, 0.717) is 22.7 Å². The fraction of sp³-hybridized carbons (Fsp3) is 0.348. The van der Waals surface area contributed by atoms with Crippen molar-refractivity contribution in [1.29, 1.82) is 0 Å². The average Bonchev–Trinajstić information content (AvgIpc) is 2.96. The molecule has 4 nitrogen and oxygen atoms in total. The minimum absolute atomic E-state index is 0.0299. The molecule has 0 fully saturated rings. The average molecular weight is 364 g/mol. The zero-order valence-electron chi connectivity index (χ0n) is 17.0. The van der Waals surface area contributed by atoms with E-state index in [-0.39, 0.29) is 11.2 Å². The lowest BCUT2D eigenvalue weighted by Crippen LogP contribution is -2.33. The van der Waals surface area contributed by atoms with E-state index in [1.54, 1.807) is 18.2 Å². The molecule has 0 aliphatic carbocycles. The van der Waals surface area contributed by atoms with Crippen LogP contribution in [0.3, 0.4) is 0 Å². The van der Waals surface area contributed by atoms with Crippen LogP contribution in [-0.2, 0) is 12.0 Å². The fourth-order valence-electron chi connectivity index (χ4n) is 2.99. The SMILES string of the molecule is CC(C)(C)c1ccc(-c2oc(C[N+](C)(C)C)nc2-c2cccc([O-])c2)cc1. The van der Waals surface area contributed by atoms with Crippen LogP contribution in [0.4, 0.5) is 0 Å². The largest absolute Gasteiger partial charge is 0.872 e. The molecule has 0 N–H and O–H groups in total. The van der Waals surface area contributed by atoms with Crippen LogP contribution in [0, 0.1) is 0 Å². The van der Waals surface area contributed by atoms with Crippen molar-refractivity contribution < 1.29 is 14.0 Å². The van der Waals surface area contributed by atoms with Crippen molar-refractivity contribution in [3.63, 3.8) is 0 Å². The Morgan fingerprint density at radius 3 is 2.19 bits per heavy atom. The predicted molar refractivity (Wildman–Crippen MR) is 107 cm³/mol. The van der Waals surface area contributed by atoms with Crippen molar-refractivity contribution in [2.75, 3.05) is 21.1 Å². The summed E-state index contributed by atoms with van der Waals surface area (Å²) >= 11 is 0. The molecule has 1 aromatic heterocycles. The Labute approximate surface area is 161 Å². The number of quaternary nitrogens is 1. The van der Waals surface area contributed by atoms with Gasteiger partial charge in [-0.3, -0.25) is 0 Å². The molecule has 3 aromatic rings. The zero-order chi connectivity index (χ0) is 19.8. The van der Waals surface area contributed by atoms with Crippen molar-refractivity contribution >= 4 is 0 Å². The third kappa shape index (κ3) is 4.58. The fourth-order valence-corrected chi connectivity index (χ4v) is 2.99. The number of aromatic nitrogens is 1. The van der Waals surface area contributed by atoms with Crippen LogP contribution < -0.4 is 5.11 Å². The van der Waals surface area contributed by atoms with Gasteiger partial charge in [0.15, 0.2) is 12.3 Å². The molecule has 0 spiro atoms. The first-order valence-electron chi connectivity index (χ1n) is 9.21. The van der Waals surface area contributed by atoms with Gasteiger partial charge in [-0.2, -0.15) is 0 Å². The summed E-state index contributed by atoms with van der Waals surface area (Å²) in [5, 5.41) is 11.8. The summed E-state index contributed by atoms with van der Waals surface area (Å²) in [4.78, 5) is 4.73. The minimum atomic E-state index is -0.0299. The molecule has 2 aromatic carbocycles. The summed E-state index contributed by atoms with van der Waals surface area (Å²) in [6.45, 7) is 7.26. The van der Waals surface area contributed by atoms with Gasteiger partial charge in [-0.1, -0.05) is 69.3 Å². The first-order chi connectivity index (χ1) is 12.5. The highest BCUT2D eigenvalue weighted by Gasteiger charge is 2.21. The first kappa shape index (κ1) is 19.2. The van der Waals surface area contributed by atoms with Crippen molar-refractivity contribution in [2.24, 2.45) is 0 Å². The summed E-state index contributed by atoms with van der Waals surface area (Å²) in [6.07, 6.45) is 0. The smallest absolute Gasteiger partial charge is 0.251 e. The topological polar surface area (TPSA) is 49.1 Å². The van der Waals surface area contributed by atoms with E-state index in [4.69, 9.17) is 9.40 Å². The van der Waals surface area contributed by atoms with Gasteiger partial charge in [0, 0.05) is 11.1 Å². The molecule has 4 heteroatoms. The monoisotopic (exact) mass is 364 g/mol. The Balaban J connectivity index is 2.10. The van der Waals surface area contributed by atoms with Crippen LogP contribution in [0.1, 0.15) is 32.2 Å². The summed E-state index contributed by atoms with van der Waals surface area (Å²) in [6, 6.07) is 15.2. The maximum absolute atomic E-state index is 11.8. The van der Waals surface area contributed by atoms with Crippen molar-refractivity contribution in [1.82, 2.24) is 4.98 Å². The molecule has 0 atom stereocenters. The molecular weight excluding hydrogens is 336 g/mol. The lowest BCUT2D eigenvalue weighted by atomic mass is 9.86. The molecule has 1 heterocycles. The number of rotatable bonds is 4. The Morgan fingerprint density at radius 1 is 0.963 bits per heavy atom. The van der Waals surface area contributed by atoms with Crippen LogP contribution in [0.15, 0.2) is 52.9 Å². The van der Waals surface area contributed by atoms with Crippen molar-refractivity contribution in [3.05, 3.63) is 60.0 Å². The number of benzene rings is 2. The lowest BCUT2D eigenvalue weighted by molar-refractivity contribution is -0.885. The Bertz CT molecular complexity index is 926. The van der Waals surface area contributed by atoms with Gasteiger partial charge in [-0.15, -0.1) is 5.75 Å². The van der Waals surface area contributed by atoms with Gasteiger partial charge in [-0.25, -0.2) is 4.98 Å². The van der Waals surface area contributed by atoms with Gasteiger partial charge in [0.1, 0.15) is 5.69 Å². The molecule has 0 unspecified atom stereocenters. The van der Waals surface area contributed by atoms with Gasteiger partial charge in [0.05, 0.1) is 21.1 Å². The second-order valence-corrected chi connectivity index (χ2v) is 9.09. The van der Waals surface area contributed by atoms with E-state index >= 15 is 0 Å². The summed E-state index contributed by atoms with van der Waals surface area (Å²) in [7, 11) is 6.29. The summed E-state index contributed by atoms with van der Waals surface area (Å²) in [5.74, 6) is 1.35. The second-order valence-electron chi connectivity index (χ2n) is 9.09. The number of oxazole rings is 1. The molecule has 142 valence electrons. The minimum Gasteiger partial charge on any atom is -0.872 e. The number of nitrogens with zero attached hydrogens (tertiary/aromatic N) is 2. The molecule has 0 bridgehead atoms. The Hall–Kier alpha value is -2.59. The molecule has 0 aliphatic rings. The number of hydrogen-bond donors (Lipinski definition) is 0. The third-order valence-electron chi connectivity index (χ3n) is 4.40. The molecule has 0 saturated heterocycles. The van der Waals surface area contributed by atoms with Gasteiger partial charge in [0.25, 0.3) is 5.89 Å². The van der Waals surface area contributed by atoms with Crippen LogP contribution in [0.2, 0.25) is 0 Å². The highest BCUT2D eigenvalue weighted by atomic mass is 16.4. The standard InChI is InChI=1S/C23H28N2O2/c1-23(2,3)18-12-10-16(11-13-18)22-21(17-8-7-9-19(26)14-17)24-20(27-22)15-25(4,5)6/h7-14H,15H2,1-6H3. The Morgan fingerprint density at radius 2 is 1.63 bits per heavy atom. The normalized spacial score (nSPS) is 12.4. The summed E-state index contributed by atoms with van der Waals surface area (Å²) in [5.41, 5.74) is 3.83. The summed E-state index contributed by atoms with van der Waals surface area (Å²) < 4.78 is 6.88. The molecule has 0 radical (unpaired) electrons. The maximum atomic E-state index is 11.8. The highest BCUT2D eigenvalue weighted by Crippen LogP contribution is 2.35. The van der Waals surface area contributed by atoms with E-state index in [2.05, 4.69) is 66.2 Å². The van der Waals surface area contributed by atoms with Gasteiger partial charge >= 0.3 is 0 Å². The van der Waals surface area contributed by atoms with Crippen LogP contribution in [0.5, 0.6) is 5.75 Å². The predicted octanol–water partition coefficient (Wildman–Crippen LogP) is 4.59. The van der Waals surface area contributed by atoms with Gasteiger partial charge in [-0.05, 0) is 11.0 Å². The molecule has 27 heavy (non-hydrogen) atoms. The van der Waals surface area contributed by atoms with E-state index in [0.717, 1.165) is 16.8 Å². The quantitative estimate of drug-likeness (QED) is 0.636. The molecule has 0 saturated carbocycles.